The zero-order valence-corrected chi connectivity index (χ0v) is 24.0. The van der Waals surface area contributed by atoms with Gasteiger partial charge in [0.2, 0.25) is 10.0 Å². The minimum absolute atomic E-state index is 0.0918. The first kappa shape index (κ1) is 29.4. The third kappa shape index (κ3) is 7.76. The van der Waals surface area contributed by atoms with Crippen LogP contribution in [-0.2, 0) is 16.4 Å². The molecule has 10 nitrogen and oxygen atoms in total. The number of ether oxygens (including phenoxy) is 2. The Kier molecular flexibility index (Phi) is 10.1. The molecule has 3 aromatic rings. The van der Waals surface area contributed by atoms with E-state index in [0.29, 0.717) is 42.2 Å². The lowest BCUT2D eigenvalue weighted by Gasteiger charge is -2.24. The van der Waals surface area contributed by atoms with E-state index >= 15 is 0 Å². The molecule has 1 aliphatic rings. The van der Waals surface area contributed by atoms with Gasteiger partial charge in [0.15, 0.2) is 0 Å². The molecule has 0 unspecified atom stereocenters. The van der Waals surface area contributed by atoms with Gasteiger partial charge in [0.05, 0.1) is 18.4 Å². The minimum atomic E-state index is -3.72. The summed E-state index contributed by atoms with van der Waals surface area (Å²) in [6.45, 7) is 2.94. The number of nitriles is 1. The molecule has 0 aliphatic carbocycles. The minimum Gasteiger partial charge on any atom is -0.495 e. The summed E-state index contributed by atoms with van der Waals surface area (Å²) >= 11 is 0. The van der Waals surface area contributed by atoms with Crippen molar-refractivity contribution in [3.63, 3.8) is 0 Å². The molecule has 11 heteroatoms. The molecule has 212 valence electrons. The van der Waals surface area contributed by atoms with Gasteiger partial charge < -0.3 is 19.7 Å². The van der Waals surface area contributed by atoms with E-state index in [4.69, 9.17) is 14.5 Å². The highest BCUT2D eigenvalue weighted by molar-refractivity contribution is 7.89. The van der Waals surface area contributed by atoms with Crippen molar-refractivity contribution in [2.45, 2.75) is 36.7 Å². The molecule has 2 heterocycles. The Bertz CT molecular complexity index is 1450. The molecule has 1 aliphatic heterocycles. The molecule has 1 fully saturated rings. The molecule has 0 saturated carbocycles. The lowest BCUT2D eigenvalue weighted by atomic mass is 10.1. The van der Waals surface area contributed by atoms with E-state index in [-0.39, 0.29) is 16.7 Å². The molecular weight excluding hydrogens is 528 g/mol. The average molecular weight is 565 g/mol. The van der Waals surface area contributed by atoms with Crippen molar-refractivity contribution >= 4 is 10.0 Å². The Hall–Kier alpha value is -3.56. The van der Waals surface area contributed by atoms with E-state index in [1.807, 2.05) is 31.1 Å². The maximum atomic E-state index is 12.9. The van der Waals surface area contributed by atoms with Crippen LogP contribution in [-0.4, -0.2) is 76.8 Å². The largest absolute Gasteiger partial charge is 0.495 e. The smallest absolute Gasteiger partial charge is 0.244 e. The predicted molar refractivity (Wildman–Crippen MR) is 153 cm³/mol. The molecule has 0 radical (unpaired) electrons. The first-order chi connectivity index (χ1) is 19.3. The summed E-state index contributed by atoms with van der Waals surface area (Å²) in [7, 11) is 1.62. The molecule has 2 aromatic carbocycles. The SMILES string of the molecule is COc1cc(Cc2nccc(-c3ccc(OC4CCNCC4)c(C#N)c3)n2)ccc1S(=O)(=O)NCCCN(C)C. The van der Waals surface area contributed by atoms with E-state index in [0.717, 1.165) is 43.6 Å². The standard InChI is InChI=1S/C29H36N6O4S/c1-35(2)16-4-12-33-40(36,37)28-8-5-21(17-27(28)38-3)18-29-32-15-11-25(34-29)22-6-7-26(23(19-22)20-30)39-24-9-13-31-14-10-24/h5-8,11,15,17,19,24,31,33H,4,9-10,12-14,16,18H2,1-3H3. The van der Waals surface area contributed by atoms with Crippen LogP contribution in [0.5, 0.6) is 11.5 Å². The highest BCUT2D eigenvalue weighted by atomic mass is 32.2. The second-order valence-corrected chi connectivity index (χ2v) is 11.7. The van der Waals surface area contributed by atoms with Gasteiger partial charge in [-0.1, -0.05) is 6.07 Å². The van der Waals surface area contributed by atoms with Gasteiger partial charge >= 0.3 is 0 Å². The molecule has 1 saturated heterocycles. The Morgan fingerprint density at radius 1 is 1.12 bits per heavy atom. The van der Waals surface area contributed by atoms with Gasteiger partial charge in [0, 0.05) is 24.7 Å². The summed E-state index contributed by atoms with van der Waals surface area (Å²) in [6, 6.07) is 14.6. The molecule has 0 spiro atoms. The van der Waals surface area contributed by atoms with Gasteiger partial charge in [-0.25, -0.2) is 23.1 Å². The first-order valence-electron chi connectivity index (χ1n) is 13.3. The summed E-state index contributed by atoms with van der Waals surface area (Å²) in [5, 5.41) is 13.1. The third-order valence-electron chi connectivity index (χ3n) is 6.64. The van der Waals surface area contributed by atoms with E-state index in [9.17, 15) is 13.7 Å². The number of piperidine rings is 1. The van der Waals surface area contributed by atoms with Crippen molar-refractivity contribution in [2.24, 2.45) is 0 Å². The van der Waals surface area contributed by atoms with E-state index in [2.05, 4.69) is 21.1 Å². The Balaban J connectivity index is 1.48. The monoisotopic (exact) mass is 564 g/mol. The second kappa shape index (κ2) is 13.7. The highest BCUT2D eigenvalue weighted by Gasteiger charge is 2.20. The summed E-state index contributed by atoms with van der Waals surface area (Å²) in [5.74, 6) is 1.41. The van der Waals surface area contributed by atoms with Crippen LogP contribution in [0.25, 0.3) is 11.3 Å². The molecule has 0 atom stereocenters. The fourth-order valence-electron chi connectivity index (χ4n) is 4.52. The van der Waals surface area contributed by atoms with Gasteiger partial charge in [-0.15, -0.1) is 0 Å². The quantitative estimate of drug-likeness (QED) is 0.319. The first-order valence-corrected chi connectivity index (χ1v) is 14.8. The van der Waals surface area contributed by atoms with Crippen LogP contribution in [0.15, 0.2) is 53.6 Å². The van der Waals surface area contributed by atoms with Crippen molar-refractivity contribution in [3.05, 3.63) is 65.6 Å². The number of methoxy groups -OCH3 is 1. The van der Waals surface area contributed by atoms with Crippen molar-refractivity contribution < 1.29 is 17.9 Å². The maximum absolute atomic E-state index is 12.9. The van der Waals surface area contributed by atoms with Crippen LogP contribution in [0.1, 0.15) is 36.2 Å². The highest BCUT2D eigenvalue weighted by Crippen LogP contribution is 2.28. The van der Waals surface area contributed by atoms with Crippen LogP contribution in [0.4, 0.5) is 0 Å². The van der Waals surface area contributed by atoms with E-state index < -0.39 is 10.0 Å². The lowest BCUT2D eigenvalue weighted by molar-refractivity contribution is 0.162. The fourth-order valence-corrected chi connectivity index (χ4v) is 5.75. The Morgan fingerprint density at radius 3 is 2.65 bits per heavy atom. The summed E-state index contributed by atoms with van der Waals surface area (Å²) in [6.07, 6.45) is 4.67. The van der Waals surface area contributed by atoms with Gasteiger partial charge in [-0.3, -0.25) is 0 Å². The number of rotatable bonds is 12. The molecule has 40 heavy (non-hydrogen) atoms. The van der Waals surface area contributed by atoms with Crippen LogP contribution in [0.2, 0.25) is 0 Å². The lowest BCUT2D eigenvalue weighted by Crippen LogP contribution is -2.34. The van der Waals surface area contributed by atoms with Crippen molar-refractivity contribution in [1.29, 1.82) is 5.26 Å². The zero-order chi connectivity index (χ0) is 28.5. The van der Waals surface area contributed by atoms with Crippen molar-refractivity contribution in [3.8, 4) is 28.8 Å². The summed E-state index contributed by atoms with van der Waals surface area (Å²) in [4.78, 5) is 11.2. The number of nitrogens with one attached hydrogen (secondary N) is 2. The topological polar surface area (TPSA) is 129 Å². The summed E-state index contributed by atoms with van der Waals surface area (Å²) in [5.41, 5.74) is 2.75. The molecule has 4 rings (SSSR count). The number of hydrogen-bond acceptors (Lipinski definition) is 9. The van der Waals surface area contributed by atoms with Crippen LogP contribution < -0.4 is 19.5 Å². The summed E-state index contributed by atoms with van der Waals surface area (Å²) < 4.78 is 39.9. The van der Waals surface area contributed by atoms with Crippen molar-refractivity contribution in [1.82, 2.24) is 24.9 Å². The van der Waals surface area contributed by atoms with Gasteiger partial charge in [-0.2, -0.15) is 5.26 Å². The van der Waals surface area contributed by atoms with E-state index in [1.165, 1.54) is 7.11 Å². The Morgan fingerprint density at radius 2 is 1.93 bits per heavy atom. The predicted octanol–water partition coefficient (Wildman–Crippen LogP) is 2.98. The third-order valence-corrected chi connectivity index (χ3v) is 8.14. The van der Waals surface area contributed by atoms with Crippen molar-refractivity contribution in [2.75, 3.05) is 47.4 Å². The molecule has 1 aromatic heterocycles. The number of sulfonamides is 1. The van der Waals surface area contributed by atoms with Gasteiger partial charge in [0.25, 0.3) is 0 Å². The van der Waals surface area contributed by atoms with Crippen LogP contribution >= 0.6 is 0 Å². The molecular formula is C29H36N6O4S. The van der Waals surface area contributed by atoms with E-state index in [1.54, 1.807) is 36.5 Å². The number of nitrogens with zero attached hydrogens (tertiary/aromatic N) is 4. The normalized spacial score (nSPS) is 14.2. The Labute approximate surface area is 236 Å². The maximum Gasteiger partial charge on any atom is 0.244 e. The number of hydrogen-bond donors (Lipinski definition) is 2. The van der Waals surface area contributed by atoms with Gasteiger partial charge in [-0.05, 0) is 95.0 Å². The fraction of sp³-hybridized carbons (Fsp3) is 0.414. The molecule has 2 N–H and O–H groups in total. The zero-order valence-electron chi connectivity index (χ0n) is 23.2. The van der Waals surface area contributed by atoms with Crippen LogP contribution in [0.3, 0.4) is 0 Å². The van der Waals surface area contributed by atoms with Gasteiger partial charge in [0.1, 0.15) is 34.4 Å². The molecule has 0 bridgehead atoms. The average Bonchev–Trinajstić information content (AvgIpc) is 2.96. The number of benzene rings is 2. The number of aromatic nitrogens is 2. The molecule has 0 amide bonds. The van der Waals surface area contributed by atoms with Crippen LogP contribution in [0, 0.1) is 11.3 Å². The second-order valence-electron chi connectivity index (χ2n) is 9.96.